The lowest BCUT2D eigenvalue weighted by Gasteiger charge is -2.54. The first-order valence-electron chi connectivity index (χ1n) is 10.1. The topological polar surface area (TPSA) is 101 Å². The zero-order valence-corrected chi connectivity index (χ0v) is 18.3. The summed E-state index contributed by atoms with van der Waals surface area (Å²) in [6.45, 7) is 2.27. The molecule has 0 saturated carbocycles. The molecule has 3 aliphatic rings. The normalized spacial score (nSPS) is 21.2. The van der Waals surface area contributed by atoms with Gasteiger partial charge < -0.3 is 23.9 Å². The summed E-state index contributed by atoms with van der Waals surface area (Å²) in [6, 6.07) is 1.19. The van der Waals surface area contributed by atoms with Crippen molar-refractivity contribution in [2.24, 2.45) is 0 Å². The second-order valence-corrected chi connectivity index (χ2v) is 8.81. The van der Waals surface area contributed by atoms with E-state index in [2.05, 4.69) is 14.7 Å². The number of piperazine rings is 1. The molecular formula is C20H19F3N4O5S. The molecule has 176 valence electrons. The van der Waals surface area contributed by atoms with Crippen LogP contribution >= 0.6 is 11.3 Å². The minimum Gasteiger partial charge on any atom is -0.465 e. The van der Waals surface area contributed by atoms with Gasteiger partial charge in [-0.1, -0.05) is 0 Å². The van der Waals surface area contributed by atoms with Crippen molar-refractivity contribution < 1.29 is 37.0 Å². The molecule has 1 aromatic carbocycles. The summed E-state index contributed by atoms with van der Waals surface area (Å²) in [4.78, 5) is 23.2. The molecule has 3 aliphatic heterocycles. The van der Waals surface area contributed by atoms with Gasteiger partial charge in [-0.25, -0.2) is 9.78 Å². The van der Waals surface area contributed by atoms with Gasteiger partial charge in [0, 0.05) is 37.3 Å². The number of carboxylic acid groups (broad SMARTS) is 1. The van der Waals surface area contributed by atoms with Crippen LogP contribution in [0.15, 0.2) is 22.1 Å². The number of alkyl halides is 3. The number of hydrogen-bond acceptors (Lipinski definition) is 8. The first-order valence-corrected chi connectivity index (χ1v) is 11.0. The van der Waals surface area contributed by atoms with Gasteiger partial charge in [-0.05, 0) is 19.4 Å². The number of ether oxygens (including phenoxy) is 2. The molecule has 0 radical (unpaired) electrons. The quantitative estimate of drug-likeness (QED) is 0.565. The highest BCUT2D eigenvalue weighted by atomic mass is 32.1. The van der Waals surface area contributed by atoms with Gasteiger partial charge in [0.15, 0.2) is 16.8 Å². The Morgan fingerprint density at radius 1 is 1.36 bits per heavy atom. The number of thiazole rings is 1. The predicted molar refractivity (Wildman–Crippen MR) is 111 cm³/mol. The molecule has 0 spiro atoms. The lowest BCUT2D eigenvalue weighted by molar-refractivity contribution is -0.274. The first-order chi connectivity index (χ1) is 15.7. The Labute approximate surface area is 189 Å². The smallest absolute Gasteiger partial charge is 0.465 e. The van der Waals surface area contributed by atoms with Gasteiger partial charge >= 0.3 is 12.5 Å². The maximum Gasteiger partial charge on any atom is 0.573 e. The van der Waals surface area contributed by atoms with Gasteiger partial charge in [0.05, 0.1) is 23.8 Å². The van der Waals surface area contributed by atoms with E-state index in [9.17, 15) is 23.1 Å². The Morgan fingerprint density at radius 3 is 2.67 bits per heavy atom. The van der Waals surface area contributed by atoms with Gasteiger partial charge in [0.25, 0.3) is 6.01 Å². The van der Waals surface area contributed by atoms with E-state index < -0.39 is 24.3 Å². The van der Waals surface area contributed by atoms with Crippen LogP contribution in [0.25, 0.3) is 21.7 Å². The Kier molecular flexibility index (Phi) is 5.12. The number of amides is 1. The molecule has 3 unspecified atom stereocenters. The lowest BCUT2D eigenvalue weighted by atomic mass is 9.88. The fourth-order valence-electron chi connectivity index (χ4n) is 4.45. The first kappa shape index (κ1) is 21.8. The number of rotatable bonds is 5. The molecule has 3 fully saturated rings. The van der Waals surface area contributed by atoms with Crippen molar-refractivity contribution >= 4 is 34.5 Å². The van der Waals surface area contributed by atoms with Gasteiger partial charge in [-0.3, -0.25) is 4.90 Å². The van der Waals surface area contributed by atoms with Gasteiger partial charge in [0.1, 0.15) is 5.01 Å². The zero-order chi connectivity index (χ0) is 23.5. The Hall–Kier alpha value is -3.06. The molecule has 3 aromatic rings. The van der Waals surface area contributed by atoms with Crippen molar-refractivity contribution in [3.8, 4) is 16.3 Å². The fourth-order valence-corrected chi connectivity index (χ4v) is 5.10. The third-order valence-corrected chi connectivity index (χ3v) is 6.80. The van der Waals surface area contributed by atoms with Crippen LogP contribution in [0, 0.1) is 0 Å². The summed E-state index contributed by atoms with van der Waals surface area (Å²) in [5.41, 5.74) is 0.649. The Balaban J connectivity index is 1.64. The number of hydrogen-bond donors (Lipinski definition) is 1. The van der Waals surface area contributed by atoms with Crippen LogP contribution in [0.2, 0.25) is 0 Å². The summed E-state index contributed by atoms with van der Waals surface area (Å²) >= 11 is 1.31. The number of nitrogens with zero attached hydrogens (tertiary/aromatic N) is 4. The fraction of sp³-hybridized carbons (Fsp3) is 0.450. The van der Waals surface area contributed by atoms with Gasteiger partial charge in [-0.2, -0.15) is 4.98 Å². The van der Waals surface area contributed by atoms with E-state index in [1.165, 1.54) is 29.4 Å². The van der Waals surface area contributed by atoms with Gasteiger partial charge in [0.2, 0.25) is 0 Å². The third-order valence-electron chi connectivity index (χ3n) is 5.99. The van der Waals surface area contributed by atoms with E-state index in [4.69, 9.17) is 9.15 Å². The molecule has 3 atom stereocenters. The molecule has 3 saturated heterocycles. The molecule has 1 N–H and O–H groups in total. The van der Waals surface area contributed by atoms with Crippen molar-refractivity contribution in [2.45, 2.75) is 37.9 Å². The van der Waals surface area contributed by atoms with E-state index in [-0.39, 0.29) is 34.8 Å². The predicted octanol–water partition coefficient (Wildman–Crippen LogP) is 4.50. The Bertz CT molecular complexity index is 1190. The number of fused-ring (bicyclic) bond motifs is 3. The minimum absolute atomic E-state index is 0.0942. The third kappa shape index (κ3) is 3.74. The SMILES string of the molecule is COC(C)c1cc(-c2nccs2)c2oc(N3CC4CC(C3)N4C(=O)O)nc2c1OC(F)(F)F. The van der Waals surface area contributed by atoms with Crippen LogP contribution in [-0.2, 0) is 4.74 Å². The molecular weight excluding hydrogens is 465 g/mol. The number of piperidine rings is 1. The average molecular weight is 484 g/mol. The molecule has 9 nitrogen and oxygen atoms in total. The molecule has 1 amide bonds. The molecule has 33 heavy (non-hydrogen) atoms. The van der Waals surface area contributed by atoms with Crippen LogP contribution in [-0.4, -0.2) is 64.7 Å². The van der Waals surface area contributed by atoms with Crippen molar-refractivity contribution in [1.82, 2.24) is 14.9 Å². The van der Waals surface area contributed by atoms with E-state index in [1.807, 2.05) is 0 Å². The highest BCUT2D eigenvalue weighted by molar-refractivity contribution is 7.13. The summed E-state index contributed by atoms with van der Waals surface area (Å²) < 4.78 is 55.6. The Morgan fingerprint density at radius 2 is 2.09 bits per heavy atom. The monoisotopic (exact) mass is 484 g/mol. The number of aromatic nitrogens is 2. The highest BCUT2D eigenvalue weighted by Crippen LogP contribution is 2.45. The second kappa shape index (κ2) is 7.76. The number of oxazole rings is 1. The largest absolute Gasteiger partial charge is 0.573 e. The molecule has 0 aliphatic carbocycles. The molecule has 2 bridgehead atoms. The highest BCUT2D eigenvalue weighted by Gasteiger charge is 2.48. The van der Waals surface area contributed by atoms with Crippen LogP contribution < -0.4 is 9.64 Å². The number of benzene rings is 1. The molecule has 13 heteroatoms. The molecule has 2 aromatic heterocycles. The second-order valence-electron chi connectivity index (χ2n) is 7.92. The number of methoxy groups -OCH3 is 1. The summed E-state index contributed by atoms with van der Waals surface area (Å²) in [6.07, 6.45) is -4.35. The maximum atomic E-state index is 13.3. The van der Waals surface area contributed by atoms with Crippen molar-refractivity contribution in [2.75, 3.05) is 25.1 Å². The van der Waals surface area contributed by atoms with Crippen molar-refractivity contribution in [1.29, 1.82) is 0 Å². The standard InChI is InChI=1S/C20H19F3N4O5S/c1-9(30-2)12-6-13(17-24-3-4-33-17)15-14(16(12)32-20(21,22)23)25-18(31-15)26-7-10-5-11(8-26)27(10)19(28)29/h3-4,6,9-11H,5,7-8H2,1-2H3,(H,28,29). The van der Waals surface area contributed by atoms with E-state index in [1.54, 1.807) is 23.4 Å². The van der Waals surface area contributed by atoms with Crippen LogP contribution in [0.1, 0.15) is 25.0 Å². The van der Waals surface area contributed by atoms with Crippen LogP contribution in [0.3, 0.4) is 0 Å². The molecule has 6 rings (SSSR count). The van der Waals surface area contributed by atoms with E-state index >= 15 is 0 Å². The van der Waals surface area contributed by atoms with E-state index in [0.29, 0.717) is 23.7 Å². The van der Waals surface area contributed by atoms with E-state index in [0.717, 1.165) is 6.42 Å². The van der Waals surface area contributed by atoms with Gasteiger partial charge in [-0.15, -0.1) is 24.5 Å². The maximum absolute atomic E-state index is 13.3. The minimum atomic E-state index is -4.95. The summed E-state index contributed by atoms with van der Waals surface area (Å²) in [5, 5.41) is 11.6. The van der Waals surface area contributed by atoms with Crippen molar-refractivity contribution in [3.63, 3.8) is 0 Å². The summed E-state index contributed by atoms with van der Waals surface area (Å²) in [7, 11) is 1.39. The number of anilines is 1. The lowest BCUT2D eigenvalue weighted by Crippen LogP contribution is -2.70. The summed E-state index contributed by atoms with van der Waals surface area (Å²) in [5.74, 6) is -0.489. The number of carbonyl (C=O) groups is 1. The van der Waals surface area contributed by atoms with Crippen molar-refractivity contribution in [3.05, 3.63) is 23.2 Å². The van der Waals surface area contributed by atoms with Crippen LogP contribution in [0.5, 0.6) is 5.75 Å². The average Bonchev–Trinajstić information content (AvgIpc) is 3.42. The number of halogens is 3. The molecule has 5 heterocycles. The van der Waals surface area contributed by atoms with Crippen LogP contribution in [0.4, 0.5) is 24.0 Å². The zero-order valence-electron chi connectivity index (χ0n) is 17.5.